The molecule has 0 aromatic heterocycles. The van der Waals surface area contributed by atoms with Gasteiger partial charge in [0.1, 0.15) is 0 Å². The van der Waals surface area contributed by atoms with Crippen LogP contribution < -0.4 is 5.73 Å². The summed E-state index contributed by atoms with van der Waals surface area (Å²) in [5.41, 5.74) is 14.7. The highest BCUT2D eigenvalue weighted by atomic mass is 14.5. The second-order valence-electron chi connectivity index (χ2n) is 6.62. The van der Waals surface area contributed by atoms with Crippen molar-refractivity contribution in [2.45, 2.75) is 13.3 Å². The van der Waals surface area contributed by atoms with E-state index in [1.165, 1.54) is 33.4 Å². The minimum absolute atomic E-state index is 0.577. The van der Waals surface area contributed by atoms with Crippen molar-refractivity contribution >= 4 is 11.8 Å². The molecule has 0 radical (unpaired) electrons. The van der Waals surface area contributed by atoms with Crippen molar-refractivity contribution in [2.75, 3.05) is 5.73 Å². The number of hydrogen-bond donors (Lipinski definition) is 1. The van der Waals surface area contributed by atoms with Crippen molar-refractivity contribution in [3.8, 4) is 22.3 Å². The summed E-state index contributed by atoms with van der Waals surface area (Å²) in [6, 6.07) is 23.4. The van der Waals surface area contributed by atoms with E-state index >= 15 is 0 Å². The molecule has 0 spiro atoms. The quantitative estimate of drug-likeness (QED) is 0.594. The molecule has 0 aliphatic heterocycles. The van der Waals surface area contributed by atoms with E-state index in [0.29, 0.717) is 5.92 Å². The van der Waals surface area contributed by atoms with Gasteiger partial charge in [-0.2, -0.15) is 0 Å². The lowest BCUT2D eigenvalue weighted by Gasteiger charge is -2.20. The second kappa shape index (κ2) is 6.01. The molecule has 0 fully saturated rings. The molecular weight excluding hydrogens is 290 g/mol. The van der Waals surface area contributed by atoms with E-state index in [1.807, 2.05) is 6.07 Å². The summed E-state index contributed by atoms with van der Waals surface area (Å²) >= 11 is 0. The molecule has 1 nitrogen and oxygen atoms in total. The molecule has 0 heterocycles. The Kier molecular flexibility index (Phi) is 3.70. The summed E-state index contributed by atoms with van der Waals surface area (Å²) in [6.45, 7) is 2.27. The Morgan fingerprint density at radius 1 is 0.833 bits per heavy atom. The Labute approximate surface area is 143 Å². The van der Waals surface area contributed by atoms with Crippen LogP contribution in [0.3, 0.4) is 0 Å². The highest BCUT2D eigenvalue weighted by Gasteiger charge is 2.15. The third-order valence-electron chi connectivity index (χ3n) is 4.72. The van der Waals surface area contributed by atoms with Gasteiger partial charge in [0.05, 0.1) is 0 Å². The SMILES string of the molecule is CC1C=Cc2cccc(-c3cc(N)cc(-c4ccccc4)c3)c2C1. The van der Waals surface area contributed by atoms with Crippen molar-refractivity contribution in [2.24, 2.45) is 5.92 Å². The molecule has 1 unspecified atom stereocenters. The summed E-state index contributed by atoms with van der Waals surface area (Å²) in [6.07, 6.45) is 5.62. The Morgan fingerprint density at radius 3 is 2.46 bits per heavy atom. The minimum atomic E-state index is 0.577. The average Bonchev–Trinajstić information content (AvgIpc) is 2.61. The van der Waals surface area contributed by atoms with Crippen LogP contribution in [0, 0.1) is 5.92 Å². The fourth-order valence-corrected chi connectivity index (χ4v) is 3.52. The van der Waals surface area contributed by atoms with Gasteiger partial charge in [0.2, 0.25) is 0 Å². The maximum Gasteiger partial charge on any atom is 0.0326 e. The first-order valence-corrected chi connectivity index (χ1v) is 8.47. The molecule has 1 aliphatic rings. The average molecular weight is 311 g/mol. The van der Waals surface area contributed by atoms with Crippen LogP contribution >= 0.6 is 0 Å². The zero-order valence-electron chi connectivity index (χ0n) is 13.9. The third kappa shape index (κ3) is 2.74. The molecule has 118 valence electrons. The number of fused-ring (bicyclic) bond motifs is 1. The molecule has 3 aromatic rings. The molecule has 2 N–H and O–H groups in total. The Bertz CT molecular complexity index is 907. The number of rotatable bonds is 2. The number of hydrogen-bond acceptors (Lipinski definition) is 1. The van der Waals surface area contributed by atoms with Crippen LogP contribution in [0.25, 0.3) is 28.3 Å². The molecule has 4 rings (SSSR count). The van der Waals surface area contributed by atoms with E-state index in [2.05, 4.69) is 79.7 Å². The second-order valence-corrected chi connectivity index (χ2v) is 6.62. The van der Waals surface area contributed by atoms with Crippen molar-refractivity contribution < 1.29 is 0 Å². The standard InChI is InChI=1S/C23H21N/c1-16-10-11-18-8-5-9-22(23(18)12-16)20-13-19(14-21(24)15-20)17-6-3-2-4-7-17/h2-11,13-16H,12,24H2,1H3. The molecule has 0 saturated carbocycles. The molecule has 1 heteroatoms. The molecule has 1 aliphatic carbocycles. The van der Waals surface area contributed by atoms with Crippen LogP contribution in [0.15, 0.2) is 72.8 Å². The zero-order chi connectivity index (χ0) is 16.5. The predicted molar refractivity (Wildman–Crippen MR) is 104 cm³/mol. The van der Waals surface area contributed by atoms with E-state index in [9.17, 15) is 0 Å². The van der Waals surface area contributed by atoms with Crippen LogP contribution in [-0.2, 0) is 6.42 Å². The minimum Gasteiger partial charge on any atom is -0.399 e. The van der Waals surface area contributed by atoms with E-state index in [-0.39, 0.29) is 0 Å². The normalized spacial score (nSPS) is 16.0. The fourth-order valence-electron chi connectivity index (χ4n) is 3.52. The topological polar surface area (TPSA) is 26.0 Å². The van der Waals surface area contributed by atoms with E-state index in [0.717, 1.165) is 12.1 Å². The van der Waals surface area contributed by atoms with Crippen LogP contribution in [-0.4, -0.2) is 0 Å². The maximum absolute atomic E-state index is 6.22. The lowest BCUT2D eigenvalue weighted by atomic mass is 9.85. The summed E-state index contributed by atoms with van der Waals surface area (Å²) in [4.78, 5) is 0. The Hall–Kier alpha value is -2.80. The van der Waals surface area contributed by atoms with Gasteiger partial charge in [-0.05, 0) is 63.9 Å². The van der Waals surface area contributed by atoms with E-state index < -0.39 is 0 Å². The predicted octanol–water partition coefficient (Wildman–Crippen LogP) is 5.81. The van der Waals surface area contributed by atoms with Gasteiger partial charge in [0, 0.05) is 5.69 Å². The van der Waals surface area contributed by atoms with E-state index in [4.69, 9.17) is 5.73 Å². The molecule has 24 heavy (non-hydrogen) atoms. The van der Waals surface area contributed by atoms with Crippen molar-refractivity contribution in [1.29, 1.82) is 0 Å². The first-order valence-electron chi connectivity index (χ1n) is 8.47. The highest BCUT2D eigenvalue weighted by molar-refractivity contribution is 5.81. The van der Waals surface area contributed by atoms with E-state index in [1.54, 1.807) is 0 Å². The van der Waals surface area contributed by atoms with Gasteiger partial charge in [-0.15, -0.1) is 0 Å². The van der Waals surface area contributed by atoms with Crippen LogP contribution in [0.1, 0.15) is 18.1 Å². The number of nitrogen functional groups attached to an aromatic ring is 1. The lowest BCUT2D eigenvalue weighted by molar-refractivity contribution is 0.718. The van der Waals surface area contributed by atoms with Gasteiger partial charge in [0.15, 0.2) is 0 Å². The number of anilines is 1. The van der Waals surface area contributed by atoms with Gasteiger partial charge < -0.3 is 5.73 Å². The first kappa shape index (κ1) is 14.8. The molecule has 0 bridgehead atoms. The number of benzene rings is 3. The lowest BCUT2D eigenvalue weighted by Crippen LogP contribution is -2.05. The van der Waals surface area contributed by atoms with Gasteiger partial charge in [-0.3, -0.25) is 0 Å². The van der Waals surface area contributed by atoms with Gasteiger partial charge in [-0.1, -0.05) is 67.6 Å². The van der Waals surface area contributed by atoms with Crippen molar-refractivity contribution in [1.82, 2.24) is 0 Å². The first-order chi connectivity index (χ1) is 11.7. The van der Waals surface area contributed by atoms with Gasteiger partial charge in [0.25, 0.3) is 0 Å². The molecule has 0 amide bonds. The van der Waals surface area contributed by atoms with Gasteiger partial charge >= 0.3 is 0 Å². The van der Waals surface area contributed by atoms with Crippen molar-refractivity contribution in [3.05, 3.63) is 83.9 Å². The van der Waals surface area contributed by atoms with Crippen LogP contribution in [0.5, 0.6) is 0 Å². The molecule has 3 aromatic carbocycles. The zero-order valence-corrected chi connectivity index (χ0v) is 13.9. The number of allylic oxidation sites excluding steroid dienone is 1. The molecule has 0 saturated heterocycles. The maximum atomic E-state index is 6.22. The smallest absolute Gasteiger partial charge is 0.0326 e. The summed E-state index contributed by atoms with van der Waals surface area (Å²) in [5.74, 6) is 0.577. The summed E-state index contributed by atoms with van der Waals surface area (Å²) < 4.78 is 0. The summed E-state index contributed by atoms with van der Waals surface area (Å²) in [5, 5.41) is 0. The molecular formula is C23H21N. The third-order valence-corrected chi connectivity index (χ3v) is 4.72. The van der Waals surface area contributed by atoms with Crippen LogP contribution in [0.4, 0.5) is 5.69 Å². The Balaban J connectivity index is 1.87. The highest BCUT2D eigenvalue weighted by Crippen LogP contribution is 2.35. The molecule has 1 atom stereocenters. The van der Waals surface area contributed by atoms with Gasteiger partial charge in [-0.25, -0.2) is 0 Å². The summed E-state index contributed by atoms with van der Waals surface area (Å²) in [7, 11) is 0. The largest absolute Gasteiger partial charge is 0.399 e. The Morgan fingerprint density at radius 2 is 1.62 bits per heavy atom. The number of nitrogens with two attached hydrogens (primary N) is 1. The monoisotopic (exact) mass is 311 g/mol. The van der Waals surface area contributed by atoms with Crippen molar-refractivity contribution in [3.63, 3.8) is 0 Å². The fraction of sp³-hybridized carbons (Fsp3) is 0.130. The van der Waals surface area contributed by atoms with Crippen LogP contribution in [0.2, 0.25) is 0 Å².